The zero-order valence-electron chi connectivity index (χ0n) is 13.6. The molecule has 22 heavy (non-hydrogen) atoms. The van der Waals surface area contributed by atoms with Crippen molar-refractivity contribution in [3.8, 4) is 5.75 Å². The Morgan fingerprint density at radius 1 is 1.41 bits per heavy atom. The Labute approximate surface area is 133 Å². The van der Waals surface area contributed by atoms with Crippen molar-refractivity contribution in [2.24, 2.45) is 0 Å². The number of phenolic OH excluding ortho intramolecular Hbond substituents is 1. The highest BCUT2D eigenvalue weighted by molar-refractivity contribution is 5.54. The van der Waals surface area contributed by atoms with E-state index in [0.29, 0.717) is 12.4 Å². The van der Waals surface area contributed by atoms with E-state index in [9.17, 15) is 5.11 Å². The molecule has 0 fully saturated rings. The third-order valence-corrected chi connectivity index (χ3v) is 3.99. The smallest absolute Gasteiger partial charge is 0.116 e. The minimum atomic E-state index is 0.187. The molecule has 0 bridgehead atoms. The normalized spacial score (nSPS) is 18.4. The van der Waals surface area contributed by atoms with E-state index < -0.39 is 0 Å². The van der Waals surface area contributed by atoms with E-state index in [2.05, 4.69) is 32.6 Å². The van der Waals surface area contributed by atoms with E-state index in [4.69, 9.17) is 4.74 Å². The molecule has 0 saturated heterocycles. The monoisotopic (exact) mass is 298 g/mol. The van der Waals surface area contributed by atoms with Crippen molar-refractivity contribution in [3.05, 3.63) is 59.2 Å². The van der Waals surface area contributed by atoms with Gasteiger partial charge in [0.1, 0.15) is 5.75 Å². The molecule has 1 aromatic carbocycles. The summed E-state index contributed by atoms with van der Waals surface area (Å²) in [6.07, 6.45) is 8.62. The van der Waals surface area contributed by atoms with E-state index in [1.165, 1.54) is 16.7 Å². The molecule has 0 aromatic heterocycles. The van der Waals surface area contributed by atoms with Crippen LogP contribution in [-0.2, 0) is 4.74 Å². The second-order valence-electron chi connectivity index (χ2n) is 5.96. The molecule has 1 aliphatic rings. The largest absolute Gasteiger partial charge is 0.508 e. The molecule has 1 aromatic rings. The van der Waals surface area contributed by atoms with Crippen LogP contribution in [-0.4, -0.2) is 17.8 Å². The van der Waals surface area contributed by atoms with Crippen molar-refractivity contribution < 1.29 is 9.84 Å². The predicted octanol–water partition coefficient (Wildman–Crippen LogP) is 5.26. The highest BCUT2D eigenvalue weighted by atomic mass is 16.5. The predicted molar refractivity (Wildman–Crippen MR) is 92.9 cm³/mol. The van der Waals surface area contributed by atoms with Crippen LogP contribution in [0.1, 0.15) is 45.1 Å². The molecule has 0 aliphatic carbocycles. The maximum atomic E-state index is 9.51. The molecular formula is C20H26O2. The Hall–Kier alpha value is -1.80. The first-order valence-electron chi connectivity index (χ1n) is 8.06. The summed E-state index contributed by atoms with van der Waals surface area (Å²) in [4.78, 5) is 0. The quantitative estimate of drug-likeness (QED) is 0.744. The lowest BCUT2D eigenvalue weighted by Gasteiger charge is -2.16. The van der Waals surface area contributed by atoms with Gasteiger partial charge in [-0.2, -0.15) is 0 Å². The maximum Gasteiger partial charge on any atom is 0.116 e. The standard InChI is InChI=1S/C20H26O2/c1-4-6-16(3)19-11-12-22-20(19)10-9-15(2)13-17-7-5-8-18(21)14-17/h5,7-8,11,13-14,20-21H,3-4,6,9-10,12H2,1-2H3/b15-13+. The molecule has 1 N–H and O–H groups in total. The first kappa shape index (κ1) is 16.6. The lowest BCUT2D eigenvalue weighted by molar-refractivity contribution is 0.116. The van der Waals surface area contributed by atoms with Gasteiger partial charge in [0.2, 0.25) is 0 Å². The highest BCUT2D eigenvalue weighted by Gasteiger charge is 2.21. The number of aromatic hydroxyl groups is 1. The van der Waals surface area contributed by atoms with Crippen LogP contribution in [0, 0.1) is 0 Å². The Morgan fingerprint density at radius 2 is 2.23 bits per heavy atom. The second kappa shape index (κ2) is 8.00. The van der Waals surface area contributed by atoms with Gasteiger partial charge in [-0.15, -0.1) is 0 Å². The van der Waals surface area contributed by atoms with Crippen LogP contribution >= 0.6 is 0 Å². The van der Waals surface area contributed by atoms with Gasteiger partial charge in [-0.05, 0) is 55.0 Å². The molecule has 1 aliphatic heterocycles. The van der Waals surface area contributed by atoms with Crippen molar-refractivity contribution in [1.29, 1.82) is 0 Å². The minimum Gasteiger partial charge on any atom is -0.508 e. The van der Waals surface area contributed by atoms with E-state index in [1.54, 1.807) is 12.1 Å². The van der Waals surface area contributed by atoms with Gasteiger partial charge in [0.05, 0.1) is 12.7 Å². The van der Waals surface area contributed by atoms with Gasteiger partial charge < -0.3 is 9.84 Å². The zero-order valence-corrected chi connectivity index (χ0v) is 13.6. The van der Waals surface area contributed by atoms with Crippen LogP contribution in [0.15, 0.2) is 53.6 Å². The van der Waals surface area contributed by atoms with Gasteiger partial charge in [0.15, 0.2) is 0 Å². The van der Waals surface area contributed by atoms with Crippen molar-refractivity contribution in [2.75, 3.05) is 6.61 Å². The summed E-state index contributed by atoms with van der Waals surface area (Å²) in [6.45, 7) is 9.20. The maximum absolute atomic E-state index is 9.51. The number of benzene rings is 1. The van der Waals surface area contributed by atoms with Crippen molar-refractivity contribution >= 4 is 6.08 Å². The van der Waals surface area contributed by atoms with Crippen LogP contribution in [0.5, 0.6) is 5.75 Å². The molecular weight excluding hydrogens is 272 g/mol. The van der Waals surface area contributed by atoms with Crippen molar-refractivity contribution in [1.82, 2.24) is 0 Å². The third-order valence-electron chi connectivity index (χ3n) is 3.99. The lowest BCUT2D eigenvalue weighted by Crippen LogP contribution is -2.11. The van der Waals surface area contributed by atoms with Gasteiger partial charge >= 0.3 is 0 Å². The molecule has 1 unspecified atom stereocenters. The fourth-order valence-corrected chi connectivity index (χ4v) is 2.86. The lowest BCUT2D eigenvalue weighted by atomic mass is 9.95. The van der Waals surface area contributed by atoms with Crippen molar-refractivity contribution in [3.63, 3.8) is 0 Å². The Bertz CT molecular complexity index is 581. The summed E-state index contributed by atoms with van der Waals surface area (Å²) < 4.78 is 5.83. The summed E-state index contributed by atoms with van der Waals surface area (Å²) in [5.41, 5.74) is 4.85. The summed E-state index contributed by atoms with van der Waals surface area (Å²) in [7, 11) is 0. The van der Waals surface area contributed by atoms with Crippen molar-refractivity contribution in [2.45, 2.75) is 45.6 Å². The molecule has 118 valence electrons. The molecule has 0 saturated carbocycles. The molecule has 0 spiro atoms. The molecule has 1 heterocycles. The van der Waals surface area contributed by atoms with Crippen LogP contribution in [0.4, 0.5) is 0 Å². The first-order valence-corrected chi connectivity index (χ1v) is 8.06. The number of hydrogen-bond donors (Lipinski definition) is 1. The van der Waals surface area contributed by atoms with Gasteiger partial charge in [-0.1, -0.05) is 49.8 Å². The summed E-state index contributed by atoms with van der Waals surface area (Å²) in [6, 6.07) is 7.34. The number of hydrogen-bond acceptors (Lipinski definition) is 2. The topological polar surface area (TPSA) is 29.5 Å². The van der Waals surface area contributed by atoms with E-state index in [0.717, 1.165) is 31.2 Å². The fraction of sp³-hybridized carbons (Fsp3) is 0.400. The fourth-order valence-electron chi connectivity index (χ4n) is 2.86. The number of allylic oxidation sites excluding steroid dienone is 1. The van der Waals surface area contributed by atoms with Crippen LogP contribution < -0.4 is 0 Å². The molecule has 2 nitrogen and oxygen atoms in total. The van der Waals surface area contributed by atoms with Gasteiger partial charge in [0, 0.05) is 0 Å². The van der Waals surface area contributed by atoms with Crippen LogP contribution in [0.3, 0.4) is 0 Å². The molecule has 2 rings (SSSR count). The summed E-state index contributed by atoms with van der Waals surface area (Å²) in [5, 5.41) is 9.51. The molecule has 2 heteroatoms. The second-order valence-corrected chi connectivity index (χ2v) is 5.96. The van der Waals surface area contributed by atoms with Crippen LogP contribution in [0.25, 0.3) is 6.08 Å². The average molecular weight is 298 g/mol. The zero-order chi connectivity index (χ0) is 15.9. The first-order chi connectivity index (χ1) is 10.6. The highest BCUT2D eigenvalue weighted by Crippen LogP contribution is 2.28. The number of ether oxygens (including phenoxy) is 1. The molecule has 1 atom stereocenters. The minimum absolute atomic E-state index is 0.187. The molecule has 0 radical (unpaired) electrons. The van der Waals surface area contributed by atoms with Gasteiger partial charge in [-0.3, -0.25) is 0 Å². The third kappa shape index (κ3) is 4.60. The Kier molecular flexibility index (Phi) is 6.02. The average Bonchev–Trinajstić information content (AvgIpc) is 2.94. The van der Waals surface area contributed by atoms with Gasteiger partial charge in [-0.25, -0.2) is 0 Å². The Morgan fingerprint density at radius 3 is 2.95 bits per heavy atom. The molecule has 0 amide bonds. The number of rotatable bonds is 7. The number of phenols is 1. The van der Waals surface area contributed by atoms with E-state index in [1.807, 2.05) is 12.1 Å². The summed E-state index contributed by atoms with van der Waals surface area (Å²) >= 11 is 0. The van der Waals surface area contributed by atoms with E-state index >= 15 is 0 Å². The van der Waals surface area contributed by atoms with E-state index in [-0.39, 0.29) is 6.10 Å². The summed E-state index contributed by atoms with van der Waals surface area (Å²) in [5.74, 6) is 0.307. The van der Waals surface area contributed by atoms with Gasteiger partial charge in [0.25, 0.3) is 0 Å². The Balaban J connectivity index is 1.92. The SMILES string of the molecule is C=C(CCC)C1=CCOC1CC/C(C)=C/c1cccc(O)c1. The van der Waals surface area contributed by atoms with Crippen LogP contribution in [0.2, 0.25) is 0 Å².